The van der Waals surface area contributed by atoms with Crippen molar-refractivity contribution < 1.29 is 13.2 Å². The molecule has 7 nitrogen and oxygen atoms in total. The highest BCUT2D eigenvalue weighted by Gasteiger charge is 2.34. The molecule has 0 fully saturated rings. The summed E-state index contributed by atoms with van der Waals surface area (Å²) in [5, 5.41) is 3.22. The van der Waals surface area contributed by atoms with Gasteiger partial charge in [-0.05, 0) is 37.3 Å². The first-order valence-electron chi connectivity index (χ1n) is 7.80. The van der Waals surface area contributed by atoms with Gasteiger partial charge in [0.1, 0.15) is 11.0 Å². The largest absolute Gasteiger partial charge is 0.320 e. The quantitative estimate of drug-likeness (QED) is 0.638. The van der Waals surface area contributed by atoms with Crippen LogP contribution in [0.3, 0.4) is 0 Å². The van der Waals surface area contributed by atoms with Crippen molar-refractivity contribution in [2.75, 3.05) is 5.32 Å². The van der Waals surface area contributed by atoms with Gasteiger partial charge in [0.2, 0.25) is 0 Å². The maximum Gasteiger partial charge on any atom is 0.276 e. The van der Waals surface area contributed by atoms with Crippen LogP contribution in [-0.2, 0) is 15.6 Å². The molecule has 1 aromatic carbocycles. The van der Waals surface area contributed by atoms with E-state index in [0.29, 0.717) is 27.9 Å². The number of aryl methyl sites for hydroxylation is 1. The minimum absolute atomic E-state index is 0.0459. The Morgan fingerprint density at radius 3 is 2.74 bits per heavy atom. The molecule has 10 heteroatoms. The van der Waals surface area contributed by atoms with Gasteiger partial charge in [-0.15, -0.1) is 0 Å². The molecule has 1 aliphatic rings. The van der Waals surface area contributed by atoms with E-state index >= 15 is 0 Å². The highest BCUT2D eigenvalue weighted by atomic mass is 35.5. The molecular formula is C17H12Cl2N4O3S. The fourth-order valence-electron chi connectivity index (χ4n) is 3.06. The number of pyridine rings is 1. The number of halogens is 2. The summed E-state index contributed by atoms with van der Waals surface area (Å²) in [7, 11) is -3.66. The number of amides is 1. The number of sulfone groups is 1. The first-order chi connectivity index (χ1) is 12.8. The minimum atomic E-state index is -3.66. The first-order valence-corrected chi connectivity index (χ1v) is 10.2. The van der Waals surface area contributed by atoms with E-state index in [9.17, 15) is 13.2 Å². The van der Waals surface area contributed by atoms with Gasteiger partial charge in [0.15, 0.2) is 15.5 Å². The van der Waals surface area contributed by atoms with Gasteiger partial charge in [0.05, 0.1) is 22.0 Å². The van der Waals surface area contributed by atoms with E-state index in [2.05, 4.69) is 15.3 Å². The number of hydrogen-bond donors (Lipinski definition) is 1. The van der Waals surface area contributed by atoms with E-state index in [4.69, 9.17) is 23.2 Å². The smallest absolute Gasteiger partial charge is 0.276 e. The minimum Gasteiger partial charge on any atom is -0.320 e. The van der Waals surface area contributed by atoms with Crippen molar-refractivity contribution in [3.63, 3.8) is 0 Å². The van der Waals surface area contributed by atoms with Crippen LogP contribution in [0.4, 0.5) is 5.69 Å². The Labute approximate surface area is 164 Å². The maximum atomic E-state index is 12.7. The molecular weight excluding hydrogens is 411 g/mol. The molecule has 4 rings (SSSR count). The number of imidazole rings is 1. The molecule has 0 aliphatic carbocycles. The molecule has 1 N–H and O–H groups in total. The molecule has 2 aromatic heterocycles. The first kappa shape index (κ1) is 18.0. The molecule has 0 unspecified atom stereocenters. The highest BCUT2D eigenvalue weighted by Crippen LogP contribution is 2.35. The lowest BCUT2D eigenvalue weighted by Crippen LogP contribution is -2.22. The molecule has 0 radical (unpaired) electrons. The number of benzene rings is 1. The number of fused-ring (bicyclic) bond motifs is 3. The van der Waals surface area contributed by atoms with Gasteiger partial charge in [-0.3, -0.25) is 9.36 Å². The van der Waals surface area contributed by atoms with Crippen molar-refractivity contribution in [3.8, 4) is 5.69 Å². The number of rotatable bonds is 2. The van der Waals surface area contributed by atoms with E-state index in [-0.39, 0.29) is 21.5 Å². The zero-order valence-electron chi connectivity index (χ0n) is 13.9. The van der Waals surface area contributed by atoms with E-state index in [1.807, 2.05) is 0 Å². The van der Waals surface area contributed by atoms with Crippen LogP contribution in [0.2, 0.25) is 10.2 Å². The predicted octanol–water partition coefficient (Wildman–Crippen LogP) is 3.42. The van der Waals surface area contributed by atoms with E-state index in [0.717, 1.165) is 0 Å². The van der Waals surface area contributed by atoms with Gasteiger partial charge in [-0.25, -0.2) is 18.4 Å². The predicted molar refractivity (Wildman–Crippen MR) is 101 cm³/mol. The summed E-state index contributed by atoms with van der Waals surface area (Å²) in [4.78, 5) is 21.0. The van der Waals surface area contributed by atoms with Crippen molar-refractivity contribution in [1.82, 2.24) is 14.5 Å². The molecule has 27 heavy (non-hydrogen) atoms. The summed E-state index contributed by atoms with van der Waals surface area (Å²) in [5.74, 6) is -0.371. The van der Waals surface area contributed by atoms with Crippen LogP contribution in [0, 0.1) is 6.92 Å². The van der Waals surface area contributed by atoms with Gasteiger partial charge < -0.3 is 5.32 Å². The van der Waals surface area contributed by atoms with Crippen LogP contribution >= 0.6 is 23.2 Å². The number of carbonyl (C=O) groups is 1. The second-order valence-electron chi connectivity index (χ2n) is 5.98. The Hall–Kier alpha value is -2.42. The van der Waals surface area contributed by atoms with E-state index < -0.39 is 15.7 Å². The number of hydrogen-bond acceptors (Lipinski definition) is 5. The lowest BCUT2D eigenvalue weighted by atomic mass is 10.2. The third kappa shape index (κ3) is 3.09. The summed E-state index contributed by atoms with van der Waals surface area (Å²) >= 11 is 11.8. The Balaban J connectivity index is 1.82. The molecule has 3 heterocycles. The van der Waals surface area contributed by atoms with Crippen molar-refractivity contribution in [1.29, 1.82) is 0 Å². The monoisotopic (exact) mass is 422 g/mol. The van der Waals surface area contributed by atoms with Crippen molar-refractivity contribution in [2.24, 2.45) is 0 Å². The Morgan fingerprint density at radius 1 is 1.22 bits per heavy atom. The van der Waals surface area contributed by atoms with Gasteiger partial charge >= 0.3 is 0 Å². The molecule has 0 atom stereocenters. The third-order valence-electron chi connectivity index (χ3n) is 4.16. The van der Waals surface area contributed by atoms with Crippen LogP contribution in [0.25, 0.3) is 5.69 Å². The number of carbonyl (C=O) groups excluding carboxylic acids is 1. The van der Waals surface area contributed by atoms with Crippen LogP contribution in [0.15, 0.2) is 41.4 Å². The molecule has 3 aromatic rings. The third-order valence-corrected chi connectivity index (χ3v) is 6.26. The molecule has 0 spiro atoms. The molecule has 1 amide bonds. The summed E-state index contributed by atoms with van der Waals surface area (Å²) in [6.45, 7) is 1.71. The molecule has 0 bridgehead atoms. The molecule has 1 aliphatic heterocycles. The average molecular weight is 423 g/mol. The summed E-state index contributed by atoms with van der Waals surface area (Å²) in [6.07, 6.45) is 1.45. The fraction of sp³-hybridized carbons (Fsp3) is 0.118. The molecule has 138 valence electrons. The standard InChI is InChI=1S/C17H12Cl2N4O3S/c1-9-21-16(17(24)22-11-4-5-20-15(19)7-11)13-8-27(25,26)14-6-10(18)2-3-12(14)23(9)13/h2-7H,8H2,1H3,(H,20,22,24). The molecule has 0 saturated carbocycles. The normalized spacial score (nSPS) is 14.3. The second-order valence-corrected chi connectivity index (χ2v) is 8.76. The van der Waals surface area contributed by atoms with Crippen LogP contribution < -0.4 is 5.32 Å². The van der Waals surface area contributed by atoms with E-state index in [1.54, 1.807) is 29.7 Å². The summed E-state index contributed by atoms with van der Waals surface area (Å²) < 4.78 is 27.1. The van der Waals surface area contributed by atoms with Crippen LogP contribution in [0.5, 0.6) is 0 Å². The Morgan fingerprint density at radius 2 is 2.00 bits per heavy atom. The molecule has 0 saturated heterocycles. The summed E-state index contributed by atoms with van der Waals surface area (Å²) in [5.41, 5.74) is 1.21. The lowest BCUT2D eigenvalue weighted by molar-refractivity contribution is 0.102. The maximum absolute atomic E-state index is 12.7. The topological polar surface area (TPSA) is 93.9 Å². The van der Waals surface area contributed by atoms with Gasteiger partial charge in [-0.2, -0.15) is 0 Å². The summed E-state index contributed by atoms with van der Waals surface area (Å²) in [6, 6.07) is 7.68. The highest BCUT2D eigenvalue weighted by molar-refractivity contribution is 7.90. The van der Waals surface area contributed by atoms with Gasteiger partial charge in [0, 0.05) is 16.9 Å². The van der Waals surface area contributed by atoms with Crippen molar-refractivity contribution >= 4 is 44.6 Å². The number of anilines is 1. The van der Waals surface area contributed by atoms with E-state index in [1.165, 1.54) is 18.3 Å². The van der Waals surface area contributed by atoms with Crippen molar-refractivity contribution in [2.45, 2.75) is 17.6 Å². The average Bonchev–Trinajstić information content (AvgIpc) is 2.91. The zero-order valence-corrected chi connectivity index (χ0v) is 16.2. The van der Waals surface area contributed by atoms with Gasteiger partial charge in [0.25, 0.3) is 5.91 Å². The second kappa shape index (κ2) is 6.33. The fourth-order valence-corrected chi connectivity index (χ4v) is 5.04. The number of nitrogens with zero attached hydrogens (tertiary/aromatic N) is 3. The van der Waals surface area contributed by atoms with Gasteiger partial charge in [-0.1, -0.05) is 23.2 Å². The SMILES string of the molecule is Cc1nc(C(=O)Nc2ccnc(Cl)c2)c2n1-c1ccc(Cl)cc1S(=O)(=O)C2. The van der Waals surface area contributed by atoms with Crippen molar-refractivity contribution in [3.05, 3.63) is 63.9 Å². The van der Waals surface area contributed by atoms with Crippen LogP contribution in [0.1, 0.15) is 22.0 Å². The Bertz CT molecular complexity index is 1200. The lowest BCUT2D eigenvalue weighted by Gasteiger charge is -2.21. The zero-order chi connectivity index (χ0) is 19.3. The number of aromatic nitrogens is 3. The Kier molecular flexibility index (Phi) is 4.21. The number of nitrogens with one attached hydrogen (secondary N) is 1. The van der Waals surface area contributed by atoms with Crippen LogP contribution in [-0.4, -0.2) is 28.9 Å².